The third-order valence-electron chi connectivity index (χ3n) is 4.94. The molecule has 1 aliphatic rings. The lowest BCUT2D eigenvalue weighted by Gasteiger charge is -2.29. The summed E-state index contributed by atoms with van der Waals surface area (Å²) in [7, 11) is 1.62. The molecule has 0 radical (unpaired) electrons. The van der Waals surface area contributed by atoms with Crippen LogP contribution in [0.4, 0.5) is 5.69 Å². The quantitative estimate of drug-likeness (QED) is 0.855. The van der Waals surface area contributed by atoms with Crippen LogP contribution in [-0.4, -0.2) is 55.9 Å². The summed E-state index contributed by atoms with van der Waals surface area (Å²) in [5.74, 6) is 0. The van der Waals surface area contributed by atoms with Crippen molar-refractivity contribution in [2.75, 3.05) is 32.0 Å². The van der Waals surface area contributed by atoms with Gasteiger partial charge in [0, 0.05) is 30.9 Å². The summed E-state index contributed by atoms with van der Waals surface area (Å²) in [4.78, 5) is 2.05. The molecule has 0 amide bonds. The number of nitrogens with zero attached hydrogens (tertiary/aromatic N) is 4. The molecule has 0 saturated carbocycles. The highest BCUT2D eigenvalue weighted by Gasteiger charge is 2.45. The lowest BCUT2D eigenvalue weighted by atomic mass is 9.83. The maximum Gasteiger partial charge on any atom is 0.283 e. The predicted molar refractivity (Wildman–Crippen MR) is 101 cm³/mol. The van der Waals surface area contributed by atoms with Crippen molar-refractivity contribution in [2.45, 2.75) is 36.9 Å². The van der Waals surface area contributed by atoms with E-state index in [9.17, 15) is 13.5 Å². The number of hydrogen-bond acceptors (Lipinski definition) is 5. The van der Waals surface area contributed by atoms with Gasteiger partial charge in [0.1, 0.15) is 5.60 Å². The molecule has 2 aromatic rings. The Morgan fingerprint density at radius 3 is 2.58 bits per heavy atom. The SMILES string of the molecule is CCn1cc2c(n1)S(=O)(=O)N(C)c1ccccc1C2(O)CCCN(C)C. The van der Waals surface area contributed by atoms with Crippen LogP contribution < -0.4 is 4.31 Å². The fourth-order valence-corrected chi connectivity index (χ4v) is 4.85. The molecule has 1 aliphatic heterocycles. The van der Waals surface area contributed by atoms with E-state index in [-0.39, 0.29) is 5.03 Å². The second kappa shape index (κ2) is 6.68. The first-order chi connectivity index (χ1) is 12.2. The van der Waals surface area contributed by atoms with Crippen molar-refractivity contribution in [3.63, 3.8) is 0 Å². The average Bonchev–Trinajstić information content (AvgIpc) is 3.04. The third kappa shape index (κ3) is 2.91. The maximum atomic E-state index is 13.1. The Kier molecular flexibility index (Phi) is 4.85. The number of rotatable bonds is 5. The van der Waals surface area contributed by atoms with Gasteiger partial charge in [-0.15, -0.1) is 0 Å². The first-order valence-electron chi connectivity index (χ1n) is 8.75. The average molecular weight is 378 g/mol. The Morgan fingerprint density at radius 1 is 1.23 bits per heavy atom. The topological polar surface area (TPSA) is 78.7 Å². The number of aliphatic hydroxyl groups is 1. The molecule has 1 N–H and O–H groups in total. The van der Waals surface area contributed by atoms with E-state index < -0.39 is 15.6 Å². The van der Waals surface area contributed by atoms with E-state index in [4.69, 9.17) is 0 Å². The van der Waals surface area contributed by atoms with Crippen LogP contribution in [0.25, 0.3) is 0 Å². The van der Waals surface area contributed by atoms with Crippen LogP contribution in [-0.2, 0) is 22.2 Å². The molecule has 0 saturated heterocycles. The van der Waals surface area contributed by atoms with E-state index in [1.165, 1.54) is 11.4 Å². The standard InChI is InChI=1S/C18H26N4O3S/c1-5-22-13-15-17(19-22)26(24,25)21(4)16-10-7-6-9-14(16)18(15,23)11-8-12-20(2)3/h6-7,9-10,13,23H,5,8,11-12H2,1-4H3. The number of aryl methyl sites for hydroxylation is 1. The lowest BCUT2D eigenvalue weighted by molar-refractivity contribution is 0.0646. The van der Waals surface area contributed by atoms with Gasteiger partial charge in [-0.05, 0) is 46.5 Å². The fraction of sp³-hybridized carbons (Fsp3) is 0.500. The number of benzene rings is 1. The molecule has 0 aliphatic carbocycles. The molecule has 3 rings (SSSR count). The highest BCUT2D eigenvalue weighted by Crippen LogP contribution is 2.45. The highest BCUT2D eigenvalue weighted by molar-refractivity contribution is 7.92. The molecule has 26 heavy (non-hydrogen) atoms. The first kappa shape index (κ1) is 18.9. The van der Waals surface area contributed by atoms with Crippen molar-refractivity contribution < 1.29 is 13.5 Å². The number of hydrogen-bond donors (Lipinski definition) is 1. The minimum Gasteiger partial charge on any atom is -0.380 e. The van der Waals surface area contributed by atoms with Crippen LogP contribution in [0.3, 0.4) is 0 Å². The van der Waals surface area contributed by atoms with Crippen molar-refractivity contribution in [1.29, 1.82) is 0 Å². The second-order valence-corrected chi connectivity index (χ2v) is 8.84. The van der Waals surface area contributed by atoms with Crippen molar-refractivity contribution >= 4 is 15.7 Å². The summed E-state index contributed by atoms with van der Waals surface area (Å²) in [6.07, 6.45) is 2.80. The van der Waals surface area contributed by atoms with Crippen LogP contribution in [0.1, 0.15) is 30.9 Å². The van der Waals surface area contributed by atoms with E-state index in [0.717, 1.165) is 13.0 Å². The summed E-state index contributed by atoms with van der Waals surface area (Å²) in [6.45, 7) is 3.22. The van der Waals surface area contributed by atoms with Crippen LogP contribution in [0, 0.1) is 0 Å². The summed E-state index contributed by atoms with van der Waals surface area (Å²) >= 11 is 0. The number of fused-ring (bicyclic) bond motifs is 2. The smallest absolute Gasteiger partial charge is 0.283 e. The maximum absolute atomic E-state index is 13.1. The summed E-state index contributed by atoms with van der Waals surface area (Å²) in [5, 5.41) is 16.0. The van der Waals surface area contributed by atoms with Gasteiger partial charge < -0.3 is 10.0 Å². The van der Waals surface area contributed by atoms with Crippen molar-refractivity contribution in [3.05, 3.63) is 41.6 Å². The number of aromatic nitrogens is 2. The minimum atomic E-state index is -3.84. The Hall–Kier alpha value is -1.90. The lowest BCUT2D eigenvalue weighted by Crippen LogP contribution is -2.29. The van der Waals surface area contributed by atoms with Crippen LogP contribution in [0.5, 0.6) is 0 Å². The molecule has 0 fully saturated rings. The van der Waals surface area contributed by atoms with Crippen molar-refractivity contribution in [3.8, 4) is 0 Å². The van der Waals surface area contributed by atoms with Gasteiger partial charge in [0.15, 0.2) is 0 Å². The zero-order chi connectivity index (χ0) is 19.1. The zero-order valence-corrected chi connectivity index (χ0v) is 16.5. The van der Waals surface area contributed by atoms with E-state index in [1.807, 2.05) is 32.0 Å². The van der Waals surface area contributed by atoms with Crippen LogP contribution in [0.15, 0.2) is 35.5 Å². The number of para-hydroxylation sites is 1. The van der Waals surface area contributed by atoms with Gasteiger partial charge in [-0.3, -0.25) is 8.99 Å². The van der Waals surface area contributed by atoms with Crippen LogP contribution >= 0.6 is 0 Å². The number of anilines is 1. The normalized spacial score (nSPS) is 21.4. The molecule has 142 valence electrons. The van der Waals surface area contributed by atoms with Crippen molar-refractivity contribution in [1.82, 2.24) is 14.7 Å². The molecule has 1 unspecified atom stereocenters. The Labute approximate surface area is 154 Å². The summed E-state index contributed by atoms with van der Waals surface area (Å²) in [6, 6.07) is 7.13. The molecule has 1 aromatic carbocycles. The Balaban J connectivity index is 2.25. The molecule has 0 bridgehead atoms. The van der Waals surface area contributed by atoms with E-state index >= 15 is 0 Å². The summed E-state index contributed by atoms with van der Waals surface area (Å²) in [5.41, 5.74) is 0.0303. The fourth-order valence-electron chi connectivity index (χ4n) is 3.46. The van der Waals surface area contributed by atoms with Gasteiger partial charge in [0.05, 0.1) is 5.69 Å². The van der Waals surface area contributed by atoms with Gasteiger partial charge in [-0.1, -0.05) is 18.2 Å². The van der Waals surface area contributed by atoms with Gasteiger partial charge in [0.2, 0.25) is 5.03 Å². The molecular formula is C18H26N4O3S. The molecule has 2 heterocycles. The van der Waals surface area contributed by atoms with Crippen molar-refractivity contribution in [2.24, 2.45) is 0 Å². The molecule has 7 nitrogen and oxygen atoms in total. The van der Waals surface area contributed by atoms with E-state index in [1.54, 1.807) is 29.1 Å². The molecular weight excluding hydrogens is 352 g/mol. The zero-order valence-electron chi connectivity index (χ0n) is 15.7. The molecule has 1 atom stereocenters. The predicted octanol–water partition coefficient (Wildman–Crippen LogP) is 1.62. The van der Waals surface area contributed by atoms with E-state index in [2.05, 4.69) is 5.10 Å². The van der Waals surface area contributed by atoms with E-state index in [0.29, 0.717) is 29.8 Å². The van der Waals surface area contributed by atoms with Gasteiger partial charge in [-0.2, -0.15) is 13.5 Å². The molecule has 0 spiro atoms. The Morgan fingerprint density at radius 2 is 1.92 bits per heavy atom. The highest BCUT2D eigenvalue weighted by atomic mass is 32.2. The van der Waals surface area contributed by atoms with Gasteiger partial charge >= 0.3 is 0 Å². The van der Waals surface area contributed by atoms with Gasteiger partial charge in [0.25, 0.3) is 10.0 Å². The molecule has 1 aromatic heterocycles. The largest absolute Gasteiger partial charge is 0.380 e. The second-order valence-electron chi connectivity index (χ2n) is 6.96. The monoisotopic (exact) mass is 378 g/mol. The Bertz CT molecular complexity index is 907. The van der Waals surface area contributed by atoms with Gasteiger partial charge in [-0.25, -0.2) is 0 Å². The minimum absolute atomic E-state index is 0.0644. The summed E-state index contributed by atoms with van der Waals surface area (Å²) < 4.78 is 29.0. The third-order valence-corrected chi connectivity index (χ3v) is 6.64. The molecule has 8 heteroatoms. The first-order valence-corrected chi connectivity index (χ1v) is 10.2. The van der Waals surface area contributed by atoms with Crippen LogP contribution in [0.2, 0.25) is 0 Å². The number of sulfonamides is 1.